The monoisotopic (exact) mass is 292 g/mol. The Balaban J connectivity index is 2.06. The third kappa shape index (κ3) is 4.30. The molecule has 0 aliphatic heterocycles. The summed E-state index contributed by atoms with van der Waals surface area (Å²) < 4.78 is 0. The van der Waals surface area contributed by atoms with Crippen molar-refractivity contribution in [2.75, 3.05) is 23.7 Å². The van der Waals surface area contributed by atoms with Crippen LogP contribution in [0.1, 0.15) is 57.9 Å². The van der Waals surface area contributed by atoms with Crippen molar-refractivity contribution >= 4 is 11.6 Å². The molecular weight excluding hydrogens is 264 g/mol. The lowest BCUT2D eigenvalue weighted by Crippen LogP contribution is -2.16. The Morgan fingerprint density at radius 3 is 2.52 bits per heavy atom. The minimum absolute atomic E-state index is 0.117. The van der Waals surface area contributed by atoms with Crippen molar-refractivity contribution in [1.82, 2.24) is 9.97 Å². The first-order valence-electron chi connectivity index (χ1n) is 8.12. The van der Waals surface area contributed by atoms with E-state index in [9.17, 15) is 5.11 Å². The van der Waals surface area contributed by atoms with Crippen LogP contribution in [0.3, 0.4) is 0 Å². The quantitative estimate of drug-likeness (QED) is 0.720. The van der Waals surface area contributed by atoms with Gasteiger partial charge in [-0.3, -0.25) is 0 Å². The molecule has 0 aromatic carbocycles. The number of hydrogen-bond donors (Lipinski definition) is 3. The first-order valence-corrected chi connectivity index (χ1v) is 8.12. The highest BCUT2D eigenvalue weighted by atomic mass is 16.3. The van der Waals surface area contributed by atoms with Gasteiger partial charge in [-0.25, -0.2) is 9.97 Å². The van der Waals surface area contributed by atoms with E-state index in [4.69, 9.17) is 0 Å². The van der Waals surface area contributed by atoms with Gasteiger partial charge in [0, 0.05) is 18.7 Å². The zero-order valence-electron chi connectivity index (χ0n) is 13.4. The highest BCUT2D eigenvalue weighted by Gasteiger charge is 2.23. The van der Waals surface area contributed by atoms with Gasteiger partial charge in [0.1, 0.15) is 18.0 Å². The average Bonchev–Trinajstić information content (AvgIpc) is 2.88. The van der Waals surface area contributed by atoms with Crippen LogP contribution in [0.25, 0.3) is 0 Å². The van der Waals surface area contributed by atoms with Crippen LogP contribution in [-0.2, 0) is 0 Å². The summed E-state index contributed by atoms with van der Waals surface area (Å²) in [7, 11) is 0. The van der Waals surface area contributed by atoms with Gasteiger partial charge in [-0.1, -0.05) is 20.8 Å². The maximum absolute atomic E-state index is 9.62. The van der Waals surface area contributed by atoms with Gasteiger partial charge in [-0.15, -0.1) is 0 Å². The summed E-state index contributed by atoms with van der Waals surface area (Å²) in [6.07, 6.45) is 5.50. The number of aliphatic hydroxyl groups excluding tert-OH is 1. The fourth-order valence-corrected chi connectivity index (χ4v) is 2.94. The molecule has 2 atom stereocenters. The molecule has 2 unspecified atom stereocenters. The van der Waals surface area contributed by atoms with E-state index in [-0.39, 0.29) is 6.10 Å². The van der Waals surface area contributed by atoms with Crippen LogP contribution in [0.5, 0.6) is 0 Å². The molecule has 1 aromatic heterocycles. The predicted octanol–water partition coefficient (Wildman–Crippen LogP) is 2.99. The molecule has 0 amide bonds. The molecule has 0 radical (unpaired) electrons. The van der Waals surface area contributed by atoms with Crippen molar-refractivity contribution in [1.29, 1.82) is 0 Å². The van der Waals surface area contributed by atoms with Crippen molar-refractivity contribution < 1.29 is 5.11 Å². The molecule has 0 spiro atoms. The number of rotatable bonds is 7. The molecule has 1 aromatic rings. The minimum Gasteiger partial charge on any atom is -0.393 e. The summed E-state index contributed by atoms with van der Waals surface area (Å²) in [5.74, 6) is 2.78. The third-order valence-electron chi connectivity index (χ3n) is 4.08. The highest BCUT2D eigenvalue weighted by Crippen LogP contribution is 2.30. The molecule has 0 bridgehead atoms. The van der Waals surface area contributed by atoms with Crippen molar-refractivity contribution in [3.8, 4) is 0 Å². The van der Waals surface area contributed by atoms with Crippen molar-refractivity contribution in [3.05, 3.63) is 11.9 Å². The molecule has 2 rings (SSSR count). The van der Waals surface area contributed by atoms with Gasteiger partial charge in [-0.2, -0.15) is 0 Å². The molecule has 1 saturated carbocycles. The van der Waals surface area contributed by atoms with Gasteiger partial charge in [0.05, 0.1) is 6.10 Å². The molecule has 0 saturated heterocycles. The van der Waals surface area contributed by atoms with Crippen molar-refractivity contribution in [3.63, 3.8) is 0 Å². The van der Waals surface area contributed by atoms with E-state index in [0.29, 0.717) is 11.8 Å². The van der Waals surface area contributed by atoms with E-state index in [0.717, 1.165) is 56.0 Å². The lowest BCUT2D eigenvalue weighted by atomic mass is 10.0. The van der Waals surface area contributed by atoms with E-state index in [1.807, 2.05) is 0 Å². The Morgan fingerprint density at radius 2 is 1.95 bits per heavy atom. The van der Waals surface area contributed by atoms with E-state index < -0.39 is 0 Å². The number of nitrogens with zero attached hydrogens (tertiary/aromatic N) is 2. The van der Waals surface area contributed by atoms with Crippen LogP contribution in [0.15, 0.2) is 6.33 Å². The van der Waals surface area contributed by atoms with Crippen LogP contribution in [0.2, 0.25) is 0 Å². The Bertz CT molecular complexity index is 450. The molecule has 1 aliphatic rings. The van der Waals surface area contributed by atoms with Crippen LogP contribution < -0.4 is 10.6 Å². The molecule has 118 valence electrons. The summed E-state index contributed by atoms with van der Waals surface area (Å²) in [5.41, 5.74) is 1.16. The SMILES string of the molecule is CCCNc1ncnc(NCC2CCC(O)C2)c1C(C)C. The van der Waals surface area contributed by atoms with Crippen molar-refractivity contribution in [2.45, 2.75) is 58.5 Å². The normalized spacial score (nSPS) is 21.8. The molecule has 5 heteroatoms. The number of aromatic nitrogens is 2. The second-order valence-electron chi connectivity index (χ2n) is 6.28. The van der Waals surface area contributed by atoms with E-state index in [2.05, 4.69) is 41.4 Å². The van der Waals surface area contributed by atoms with Gasteiger partial charge in [0.2, 0.25) is 0 Å². The van der Waals surface area contributed by atoms with Crippen LogP contribution in [0.4, 0.5) is 11.6 Å². The molecule has 1 heterocycles. The minimum atomic E-state index is -0.117. The molecule has 5 nitrogen and oxygen atoms in total. The first kappa shape index (κ1) is 16.0. The lowest BCUT2D eigenvalue weighted by Gasteiger charge is -2.19. The fourth-order valence-electron chi connectivity index (χ4n) is 2.94. The maximum Gasteiger partial charge on any atom is 0.134 e. The summed E-state index contributed by atoms with van der Waals surface area (Å²) in [6, 6.07) is 0. The second kappa shape index (κ2) is 7.59. The summed E-state index contributed by atoms with van der Waals surface area (Å²) >= 11 is 0. The van der Waals surface area contributed by atoms with Crippen LogP contribution >= 0.6 is 0 Å². The predicted molar refractivity (Wildman–Crippen MR) is 86.7 cm³/mol. The maximum atomic E-state index is 9.62. The highest BCUT2D eigenvalue weighted by molar-refractivity contribution is 5.59. The summed E-state index contributed by atoms with van der Waals surface area (Å²) in [4.78, 5) is 8.81. The molecular formula is C16H28N4O. The zero-order valence-corrected chi connectivity index (χ0v) is 13.4. The Kier molecular flexibility index (Phi) is 5.79. The Labute approximate surface area is 127 Å². The van der Waals surface area contributed by atoms with Crippen molar-refractivity contribution in [2.24, 2.45) is 5.92 Å². The van der Waals surface area contributed by atoms with Crippen LogP contribution in [0, 0.1) is 5.92 Å². The van der Waals surface area contributed by atoms with Gasteiger partial charge in [0.15, 0.2) is 0 Å². The summed E-state index contributed by atoms with van der Waals surface area (Å²) in [6.45, 7) is 8.28. The van der Waals surface area contributed by atoms with E-state index >= 15 is 0 Å². The second-order valence-corrected chi connectivity index (χ2v) is 6.28. The molecule has 21 heavy (non-hydrogen) atoms. The number of hydrogen-bond acceptors (Lipinski definition) is 5. The number of nitrogens with one attached hydrogen (secondary N) is 2. The van der Waals surface area contributed by atoms with E-state index in [1.54, 1.807) is 6.33 Å². The molecule has 3 N–H and O–H groups in total. The lowest BCUT2D eigenvalue weighted by molar-refractivity contribution is 0.178. The largest absolute Gasteiger partial charge is 0.393 e. The Morgan fingerprint density at radius 1 is 1.24 bits per heavy atom. The van der Waals surface area contributed by atoms with Gasteiger partial charge < -0.3 is 15.7 Å². The molecule has 1 fully saturated rings. The topological polar surface area (TPSA) is 70.1 Å². The fraction of sp³-hybridized carbons (Fsp3) is 0.750. The zero-order chi connectivity index (χ0) is 15.2. The average molecular weight is 292 g/mol. The first-order chi connectivity index (χ1) is 10.1. The van der Waals surface area contributed by atoms with Gasteiger partial charge in [0.25, 0.3) is 0 Å². The smallest absolute Gasteiger partial charge is 0.134 e. The summed E-state index contributed by atoms with van der Waals surface area (Å²) in [5, 5.41) is 16.5. The Hall–Kier alpha value is -1.36. The van der Waals surface area contributed by atoms with Crippen LogP contribution in [-0.4, -0.2) is 34.3 Å². The standard InChI is InChI=1S/C16H28N4O/c1-4-7-17-15-14(11(2)3)16(20-10-19-15)18-9-12-5-6-13(21)8-12/h10-13,21H,4-9H2,1-3H3,(H2,17,18,19,20). The van der Waals surface area contributed by atoms with Gasteiger partial charge in [-0.05, 0) is 37.5 Å². The van der Waals surface area contributed by atoms with E-state index in [1.165, 1.54) is 0 Å². The molecule has 1 aliphatic carbocycles. The van der Waals surface area contributed by atoms with Gasteiger partial charge >= 0.3 is 0 Å². The number of anilines is 2. The third-order valence-corrected chi connectivity index (χ3v) is 4.08. The number of aliphatic hydroxyl groups is 1.